The lowest BCUT2D eigenvalue weighted by Crippen LogP contribution is -2.29. The van der Waals surface area contributed by atoms with Crippen molar-refractivity contribution in [3.05, 3.63) is 94.5 Å². The first-order valence-electron chi connectivity index (χ1n) is 11.4. The van der Waals surface area contributed by atoms with Gasteiger partial charge in [0, 0.05) is 13.1 Å². The lowest BCUT2D eigenvalue weighted by Gasteiger charge is -2.26. The highest BCUT2D eigenvalue weighted by atomic mass is 35.5. The highest BCUT2D eigenvalue weighted by Gasteiger charge is 2.16. The van der Waals surface area contributed by atoms with Crippen LogP contribution in [-0.2, 0) is 23.1 Å². The number of hydrogen-bond donors (Lipinski definition) is 2. The van der Waals surface area contributed by atoms with Gasteiger partial charge in [-0.05, 0) is 67.4 Å². The van der Waals surface area contributed by atoms with Crippen LogP contribution < -0.4 is 10.0 Å². The molecule has 1 aliphatic heterocycles. The molecule has 1 fully saturated rings. The van der Waals surface area contributed by atoms with Gasteiger partial charge >= 0.3 is 0 Å². The zero-order valence-electron chi connectivity index (χ0n) is 18.8. The van der Waals surface area contributed by atoms with Crippen LogP contribution >= 0.6 is 11.6 Å². The quantitative estimate of drug-likeness (QED) is 0.456. The molecule has 0 unspecified atom stereocenters. The largest absolute Gasteiger partial charge is 0.348 e. The van der Waals surface area contributed by atoms with Crippen LogP contribution in [0, 0.1) is 0 Å². The van der Waals surface area contributed by atoms with Crippen molar-refractivity contribution in [3.8, 4) is 0 Å². The van der Waals surface area contributed by atoms with Crippen LogP contribution in [0.15, 0.2) is 77.7 Å². The number of likely N-dealkylation sites (tertiary alicyclic amines) is 1. The molecule has 1 aliphatic rings. The Morgan fingerprint density at radius 2 is 1.62 bits per heavy atom. The Labute approximate surface area is 206 Å². The summed E-state index contributed by atoms with van der Waals surface area (Å²) in [5.74, 6) is -0.316. The molecular formula is C26H28ClN3O3S. The van der Waals surface area contributed by atoms with Gasteiger partial charge in [-0.2, -0.15) is 0 Å². The van der Waals surface area contributed by atoms with Crippen molar-refractivity contribution < 1.29 is 13.2 Å². The molecule has 0 aliphatic carbocycles. The number of benzene rings is 3. The fourth-order valence-corrected chi connectivity index (χ4v) is 5.40. The topological polar surface area (TPSA) is 78.5 Å². The second-order valence-corrected chi connectivity index (χ2v) is 10.5. The maximum absolute atomic E-state index is 12.7. The van der Waals surface area contributed by atoms with Gasteiger partial charge in [0.15, 0.2) is 0 Å². The number of piperidine rings is 1. The SMILES string of the molecule is O=C(NCc1cccc(CN2CCCCC2)c1)c1ccc(NS(=O)(=O)c2ccccc2)cc1Cl. The van der Waals surface area contributed by atoms with Crippen molar-refractivity contribution >= 4 is 33.2 Å². The van der Waals surface area contributed by atoms with Crippen LogP contribution in [0.4, 0.5) is 5.69 Å². The van der Waals surface area contributed by atoms with Crippen molar-refractivity contribution in [2.75, 3.05) is 17.8 Å². The molecule has 3 aromatic carbocycles. The smallest absolute Gasteiger partial charge is 0.261 e. The molecule has 0 aromatic heterocycles. The molecule has 8 heteroatoms. The third-order valence-electron chi connectivity index (χ3n) is 5.82. The van der Waals surface area contributed by atoms with Gasteiger partial charge in [0.05, 0.1) is 21.2 Å². The molecule has 1 heterocycles. The van der Waals surface area contributed by atoms with Gasteiger partial charge in [0.25, 0.3) is 15.9 Å². The average molecular weight is 498 g/mol. The van der Waals surface area contributed by atoms with Crippen molar-refractivity contribution in [1.82, 2.24) is 10.2 Å². The maximum Gasteiger partial charge on any atom is 0.261 e. The summed E-state index contributed by atoms with van der Waals surface area (Å²) >= 11 is 6.31. The summed E-state index contributed by atoms with van der Waals surface area (Å²) in [7, 11) is -3.74. The molecule has 178 valence electrons. The second kappa shape index (κ2) is 11.0. The first-order valence-corrected chi connectivity index (χ1v) is 13.2. The number of carbonyl (C=O) groups excluding carboxylic acids is 1. The van der Waals surface area contributed by atoms with E-state index >= 15 is 0 Å². The average Bonchev–Trinajstić information content (AvgIpc) is 2.84. The summed E-state index contributed by atoms with van der Waals surface area (Å²) in [5.41, 5.74) is 2.83. The van der Waals surface area contributed by atoms with E-state index in [1.54, 1.807) is 18.2 Å². The fourth-order valence-electron chi connectivity index (χ4n) is 4.07. The predicted molar refractivity (Wildman–Crippen MR) is 135 cm³/mol. The van der Waals surface area contributed by atoms with Crippen LogP contribution in [0.2, 0.25) is 5.02 Å². The number of amides is 1. The Morgan fingerprint density at radius 3 is 2.35 bits per heavy atom. The van der Waals surface area contributed by atoms with Crippen LogP contribution in [-0.4, -0.2) is 32.3 Å². The van der Waals surface area contributed by atoms with E-state index < -0.39 is 10.0 Å². The highest BCUT2D eigenvalue weighted by molar-refractivity contribution is 7.92. The van der Waals surface area contributed by atoms with Crippen LogP contribution in [0.25, 0.3) is 0 Å². The minimum Gasteiger partial charge on any atom is -0.348 e. The van der Waals surface area contributed by atoms with Crippen molar-refractivity contribution in [1.29, 1.82) is 0 Å². The first-order chi connectivity index (χ1) is 16.4. The molecule has 3 aromatic rings. The van der Waals surface area contributed by atoms with Crippen molar-refractivity contribution in [2.45, 2.75) is 37.2 Å². The summed E-state index contributed by atoms with van der Waals surface area (Å²) in [6, 6.07) is 20.8. The van der Waals surface area contributed by atoms with E-state index in [-0.39, 0.29) is 27.1 Å². The summed E-state index contributed by atoms with van der Waals surface area (Å²) in [4.78, 5) is 15.3. The minimum absolute atomic E-state index is 0.149. The Bertz CT molecular complexity index is 1240. The van der Waals surface area contributed by atoms with E-state index in [4.69, 9.17) is 11.6 Å². The van der Waals surface area contributed by atoms with Gasteiger partial charge in [0.2, 0.25) is 0 Å². The van der Waals surface area contributed by atoms with Crippen LogP contribution in [0.1, 0.15) is 40.7 Å². The summed E-state index contributed by atoms with van der Waals surface area (Å²) in [6.45, 7) is 3.58. The molecule has 4 rings (SSSR count). The summed E-state index contributed by atoms with van der Waals surface area (Å²) < 4.78 is 27.5. The van der Waals surface area contributed by atoms with E-state index in [1.165, 1.54) is 55.2 Å². The molecule has 1 amide bonds. The van der Waals surface area contributed by atoms with Crippen molar-refractivity contribution in [3.63, 3.8) is 0 Å². The first kappa shape index (κ1) is 24.3. The number of anilines is 1. The van der Waals surface area contributed by atoms with E-state index in [9.17, 15) is 13.2 Å². The number of rotatable bonds is 8. The second-order valence-electron chi connectivity index (χ2n) is 8.45. The van der Waals surface area contributed by atoms with Crippen LogP contribution in [0.5, 0.6) is 0 Å². The molecule has 6 nitrogen and oxygen atoms in total. The number of nitrogens with one attached hydrogen (secondary N) is 2. The maximum atomic E-state index is 12.7. The molecule has 34 heavy (non-hydrogen) atoms. The normalized spacial score (nSPS) is 14.5. The summed E-state index contributed by atoms with van der Waals surface area (Å²) in [6.07, 6.45) is 3.82. The molecule has 1 saturated heterocycles. The van der Waals surface area contributed by atoms with E-state index in [0.717, 1.165) is 25.2 Å². The Balaban J connectivity index is 1.37. The third kappa shape index (κ3) is 6.38. The monoisotopic (exact) mass is 497 g/mol. The number of carbonyl (C=O) groups is 1. The van der Waals surface area contributed by atoms with Gasteiger partial charge in [-0.1, -0.05) is 60.5 Å². The lowest BCUT2D eigenvalue weighted by atomic mass is 10.1. The number of halogens is 1. The van der Waals surface area contributed by atoms with Crippen LogP contribution in [0.3, 0.4) is 0 Å². The Morgan fingerprint density at radius 1 is 0.882 bits per heavy atom. The van der Waals surface area contributed by atoms with Gasteiger partial charge < -0.3 is 5.32 Å². The Kier molecular flexibility index (Phi) is 7.88. The van der Waals surface area contributed by atoms with E-state index in [1.807, 2.05) is 12.1 Å². The third-order valence-corrected chi connectivity index (χ3v) is 7.53. The zero-order valence-corrected chi connectivity index (χ0v) is 20.4. The summed E-state index contributed by atoms with van der Waals surface area (Å²) in [5, 5.41) is 3.08. The Hall–Kier alpha value is -2.87. The van der Waals surface area contributed by atoms with E-state index in [0.29, 0.717) is 6.54 Å². The zero-order chi connectivity index (χ0) is 24.0. The molecule has 0 atom stereocenters. The number of sulfonamides is 1. The van der Waals surface area contributed by atoms with E-state index in [2.05, 4.69) is 27.1 Å². The lowest BCUT2D eigenvalue weighted by molar-refractivity contribution is 0.0951. The molecule has 0 spiro atoms. The van der Waals surface area contributed by atoms with Gasteiger partial charge in [-0.15, -0.1) is 0 Å². The standard InChI is InChI=1S/C26H28ClN3O3S/c27-25-17-22(29-34(32,33)23-10-3-1-4-11-23)12-13-24(25)26(31)28-18-20-8-7-9-21(16-20)19-30-14-5-2-6-15-30/h1,3-4,7-13,16-17,29H,2,5-6,14-15,18-19H2,(H,28,31). The van der Waals surface area contributed by atoms with Gasteiger partial charge in [0.1, 0.15) is 0 Å². The van der Waals surface area contributed by atoms with Gasteiger partial charge in [-0.25, -0.2) is 8.42 Å². The molecule has 0 saturated carbocycles. The highest BCUT2D eigenvalue weighted by Crippen LogP contribution is 2.23. The minimum atomic E-state index is -3.74. The fraction of sp³-hybridized carbons (Fsp3) is 0.269. The molecule has 0 radical (unpaired) electrons. The number of hydrogen-bond acceptors (Lipinski definition) is 4. The molecular weight excluding hydrogens is 470 g/mol. The molecule has 2 N–H and O–H groups in total. The van der Waals surface area contributed by atoms with Crippen molar-refractivity contribution in [2.24, 2.45) is 0 Å². The van der Waals surface area contributed by atoms with Gasteiger partial charge in [-0.3, -0.25) is 14.4 Å². The number of nitrogens with zero attached hydrogens (tertiary/aromatic N) is 1. The molecule has 0 bridgehead atoms. The predicted octanol–water partition coefficient (Wildman–Crippen LogP) is 5.06.